The van der Waals surface area contributed by atoms with E-state index in [4.69, 9.17) is 16.2 Å². The zero-order valence-corrected chi connectivity index (χ0v) is 15.3. The second-order valence-corrected chi connectivity index (χ2v) is 6.94. The maximum atomic E-state index is 12.0. The number of carbonyl (C=O) groups excluding carboxylic acids is 2. The van der Waals surface area contributed by atoms with Gasteiger partial charge in [0.2, 0.25) is 5.91 Å². The fourth-order valence-corrected chi connectivity index (χ4v) is 3.78. The summed E-state index contributed by atoms with van der Waals surface area (Å²) in [5, 5.41) is 4.21. The van der Waals surface area contributed by atoms with Crippen molar-refractivity contribution >= 4 is 11.8 Å². The first-order valence-electron chi connectivity index (χ1n) is 8.90. The van der Waals surface area contributed by atoms with Crippen LogP contribution in [0.4, 0.5) is 0 Å². The number of ether oxygens (including phenoxy) is 1. The number of amides is 2. The Labute approximate surface area is 161 Å². The molecule has 142 valence electrons. The average molecular weight is 376 g/mol. The SMILES string of the molecule is Cn1cc(CC2Oc3c(C(N)=O)cc(C(N)=O)cc3C2c2ccccc2)cn1. The maximum absolute atomic E-state index is 12.0. The van der Waals surface area contributed by atoms with Crippen LogP contribution in [0.5, 0.6) is 5.75 Å². The molecule has 7 nitrogen and oxygen atoms in total. The van der Waals surface area contributed by atoms with Gasteiger partial charge in [-0.3, -0.25) is 14.3 Å². The minimum Gasteiger partial charge on any atom is -0.488 e. The molecule has 1 aliphatic rings. The lowest BCUT2D eigenvalue weighted by atomic mass is 9.84. The first-order valence-corrected chi connectivity index (χ1v) is 8.90. The van der Waals surface area contributed by atoms with Gasteiger partial charge in [0.1, 0.15) is 11.9 Å². The van der Waals surface area contributed by atoms with Gasteiger partial charge in [-0.15, -0.1) is 0 Å². The molecule has 4 rings (SSSR count). The second kappa shape index (κ2) is 6.84. The average Bonchev–Trinajstić information content (AvgIpc) is 3.24. The van der Waals surface area contributed by atoms with E-state index in [1.165, 1.54) is 6.07 Å². The summed E-state index contributed by atoms with van der Waals surface area (Å²) < 4.78 is 7.96. The van der Waals surface area contributed by atoms with E-state index in [1.54, 1.807) is 16.9 Å². The largest absolute Gasteiger partial charge is 0.488 e. The van der Waals surface area contributed by atoms with Gasteiger partial charge in [0.15, 0.2) is 0 Å². The van der Waals surface area contributed by atoms with E-state index < -0.39 is 11.8 Å². The number of hydrogen-bond donors (Lipinski definition) is 2. The van der Waals surface area contributed by atoms with Crippen molar-refractivity contribution < 1.29 is 14.3 Å². The summed E-state index contributed by atoms with van der Waals surface area (Å²) in [5.74, 6) is -1.03. The summed E-state index contributed by atoms with van der Waals surface area (Å²) in [6, 6.07) is 12.9. The summed E-state index contributed by atoms with van der Waals surface area (Å²) >= 11 is 0. The third-order valence-corrected chi connectivity index (χ3v) is 5.00. The number of fused-ring (bicyclic) bond motifs is 1. The molecule has 0 bridgehead atoms. The highest BCUT2D eigenvalue weighted by Crippen LogP contribution is 2.45. The van der Waals surface area contributed by atoms with E-state index in [1.807, 2.05) is 43.6 Å². The predicted molar refractivity (Wildman–Crippen MR) is 103 cm³/mol. The molecule has 3 aromatic rings. The van der Waals surface area contributed by atoms with E-state index in [-0.39, 0.29) is 23.1 Å². The van der Waals surface area contributed by atoms with Crippen LogP contribution >= 0.6 is 0 Å². The zero-order valence-electron chi connectivity index (χ0n) is 15.3. The molecule has 2 heterocycles. The molecule has 2 unspecified atom stereocenters. The number of nitrogens with zero attached hydrogens (tertiary/aromatic N) is 2. The van der Waals surface area contributed by atoms with Crippen molar-refractivity contribution in [1.29, 1.82) is 0 Å². The summed E-state index contributed by atoms with van der Waals surface area (Å²) in [6.07, 6.45) is 4.03. The molecule has 2 amide bonds. The zero-order chi connectivity index (χ0) is 19.8. The number of rotatable bonds is 5. The first-order chi connectivity index (χ1) is 13.4. The Morgan fingerprint density at radius 2 is 1.89 bits per heavy atom. The lowest BCUT2D eigenvalue weighted by molar-refractivity contribution is 0.0994. The van der Waals surface area contributed by atoms with E-state index in [0.29, 0.717) is 12.2 Å². The first kappa shape index (κ1) is 17.8. The van der Waals surface area contributed by atoms with Crippen LogP contribution in [0.3, 0.4) is 0 Å². The molecule has 2 aromatic carbocycles. The standard InChI is InChI=1S/C21H20N4O3/c1-25-11-12(10-24-25)7-17-18(13-5-3-2-4-6-13)15-8-14(20(22)26)9-16(21(23)27)19(15)28-17/h2-6,8-11,17-18H,7H2,1H3,(H2,22,26)(H2,23,27). The molecule has 0 saturated heterocycles. The fourth-order valence-electron chi connectivity index (χ4n) is 3.78. The van der Waals surface area contributed by atoms with Gasteiger partial charge in [0, 0.05) is 36.7 Å². The molecule has 0 aliphatic carbocycles. The Morgan fingerprint density at radius 1 is 1.14 bits per heavy atom. The molecule has 4 N–H and O–H groups in total. The van der Waals surface area contributed by atoms with Crippen LogP contribution in [0.1, 0.15) is 43.3 Å². The molecular formula is C21H20N4O3. The monoisotopic (exact) mass is 376 g/mol. The smallest absolute Gasteiger partial charge is 0.252 e. The van der Waals surface area contributed by atoms with Gasteiger partial charge in [-0.1, -0.05) is 30.3 Å². The Bertz CT molecular complexity index is 1060. The maximum Gasteiger partial charge on any atom is 0.252 e. The number of hydrogen-bond acceptors (Lipinski definition) is 4. The van der Waals surface area contributed by atoms with Crippen molar-refractivity contribution in [1.82, 2.24) is 9.78 Å². The number of aromatic nitrogens is 2. The van der Waals surface area contributed by atoms with Gasteiger partial charge >= 0.3 is 0 Å². The number of nitrogens with two attached hydrogens (primary N) is 2. The summed E-state index contributed by atoms with van der Waals surface area (Å²) in [5.41, 5.74) is 14.2. The Morgan fingerprint density at radius 3 is 2.50 bits per heavy atom. The fraction of sp³-hybridized carbons (Fsp3) is 0.190. The van der Waals surface area contributed by atoms with Gasteiger partial charge in [-0.25, -0.2) is 0 Å². The number of benzene rings is 2. The van der Waals surface area contributed by atoms with E-state index in [2.05, 4.69) is 5.10 Å². The van der Waals surface area contributed by atoms with Crippen LogP contribution < -0.4 is 16.2 Å². The highest BCUT2D eigenvalue weighted by atomic mass is 16.5. The summed E-state index contributed by atoms with van der Waals surface area (Å²) in [6.45, 7) is 0. The minimum absolute atomic E-state index is 0.168. The molecule has 0 spiro atoms. The van der Waals surface area contributed by atoms with E-state index in [0.717, 1.165) is 16.7 Å². The lowest BCUT2D eigenvalue weighted by Gasteiger charge is -2.19. The molecular weight excluding hydrogens is 356 g/mol. The number of primary amides is 2. The Balaban J connectivity index is 1.85. The molecule has 1 aromatic heterocycles. The number of aryl methyl sites for hydroxylation is 1. The molecule has 1 aliphatic heterocycles. The van der Waals surface area contributed by atoms with E-state index >= 15 is 0 Å². The quantitative estimate of drug-likeness (QED) is 0.706. The summed E-state index contributed by atoms with van der Waals surface area (Å²) in [4.78, 5) is 23.8. The van der Waals surface area contributed by atoms with Gasteiger partial charge in [0.25, 0.3) is 5.91 Å². The van der Waals surface area contributed by atoms with Crippen molar-refractivity contribution in [2.24, 2.45) is 18.5 Å². The minimum atomic E-state index is -0.659. The van der Waals surface area contributed by atoms with Gasteiger partial charge < -0.3 is 16.2 Å². The van der Waals surface area contributed by atoms with Crippen LogP contribution in [-0.4, -0.2) is 27.7 Å². The van der Waals surface area contributed by atoms with Crippen LogP contribution in [-0.2, 0) is 13.5 Å². The van der Waals surface area contributed by atoms with Crippen molar-refractivity contribution in [2.75, 3.05) is 0 Å². The highest BCUT2D eigenvalue weighted by Gasteiger charge is 2.38. The predicted octanol–water partition coefficient (Wildman–Crippen LogP) is 1.75. The molecule has 0 fully saturated rings. The van der Waals surface area contributed by atoms with Crippen molar-refractivity contribution in [3.63, 3.8) is 0 Å². The van der Waals surface area contributed by atoms with Crippen LogP contribution in [0, 0.1) is 0 Å². The van der Waals surface area contributed by atoms with Crippen molar-refractivity contribution in [2.45, 2.75) is 18.4 Å². The molecule has 0 saturated carbocycles. The second-order valence-electron chi connectivity index (χ2n) is 6.94. The Hall–Kier alpha value is -3.61. The van der Waals surface area contributed by atoms with Crippen LogP contribution in [0.15, 0.2) is 54.9 Å². The number of carbonyl (C=O) groups is 2. The lowest BCUT2D eigenvalue weighted by Crippen LogP contribution is -2.22. The van der Waals surface area contributed by atoms with Crippen LogP contribution in [0.25, 0.3) is 0 Å². The van der Waals surface area contributed by atoms with Crippen molar-refractivity contribution in [3.05, 3.63) is 82.7 Å². The van der Waals surface area contributed by atoms with Gasteiger partial charge in [-0.2, -0.15) is 5.10 Å². The Kier molecular flexibility index (Phi) is 4.35. The topological polar surface area (TPSA) is 113 Å². The molecule has 7 heteroatoms. The van der Waals surface area contributed by atoms with Gasteiger partial charge in [-0.05, 0) is 23.3 Å². The molecule has 2 atom stereocenters. The third kappa shape index (κ3) is 3.11. The molecule has 0 radical (unpaired) electrons. The van der Waals surface area contributed by atoms with E-state index in [9.17, 15) is 9.59 Å². The third-order valence-electron chi connectivity index (χ3n) is 5.00. The normalized spacial score (nSPS) is 17.8. The molecule has 28 heavy (non-hydrogen) atoms. The summed E-state index contributed by atoms with van der Waals surface area (Å²) in [7, 11) is 1.85. The van der Waals surface area contributed by atoms with Crippen molar-refractivity contribution in [3.8, 4) is 5.75 Å². The highest BCUT2D eigenvalue weighted by molar-refractivity contribution is 6.01. The van der Waals surface area contributed by atoms with Gasteiger partial charge in [0.05, 0.1) is 11.8 Å². The van der Waals surface area contributed by atoms with Crippen LogP contribution in [0.2, 0.25) is 0 Å².